The summed E-state index contributed by atoms with van der Waals surface area (Å²) in [6, 6.07) is 0. The van der Waals surface area contributed by atoms with Crippen LogP contribution in [-0.4, -0.2) is 48.2 Å². The molecule has 3 nitrogen and oxygen atoms in total. The molecular formula is C14H32N2O. The van der Waals surface area contributed by atoms with Crippen molar-refractivity contribution in [1.82, 2.24) is 9.80 Å². The highest BCUT2D eigenvalue weighted by atomic mass is 16.3. The topological polar surface area (TPSA) is 26.7 Å². The number of rotatable bonds is 5. The quantitative estimate of drug-likeness (QED) is 0.805. The van der Waals surface area contributed by atoms with Crippen molar-refractivity contribution in [2.45, 2.75) is 40.2 Å². The van der Waals surface area contributed by atoms with Gasteiger partial charge in [-0.05, 0) is 39.6 Å². The number of hydrogen-bond donors (Lipinski definition) is 1. The van der Waals surface area contributed by atoms with Gasteiger partial charge in [-0.1, -0.05) is 20.1 Å². The molecule has 0 saturated heterocycles. The van der Waals surface area contributed by atoms with Gasteiger partial charge in [-0.3, -0.25) is 0 Å². The fourth-order valence-electron chi connectivity index (χ4n) is 0.258. The van der Waals surface area contributed by atoms with Gasteiger partial charge in [0, 0.05) is 27.2 Å². The first kappa shape index (κ1) is 21.3. The molecule has 17 heavy (non-hydrogen) atoms. The van der Waals surface area contributed by atoms with Gasteiger partial charge in [0.05, 0.1) is 6.10 Å². The van der Waals surface area contributed by atoms with E-state index >= 15 is 0 Å². The van der Waals surface area contributed by atoms with Gasteiger partial charge in [-0.2, -0.15) is 0 Å². The van der Waals surface area contributed by atoms with E-state index < -0.39 is 0 Å². The third kappa shape index (κ3) is 31.3. The Morgan fingerprint density at radius 1 is 1.00 bits per heavy atom. The van der Waals surface area contributed by atoms with Crippen LogP contribution in [0.1, 0.15) is 34.1 Å². The summed E-state index contributed by atoms with van der Waals surface area (Å²) in [7, 11) is 3.99. The van der Waals surface area contributed by atoms with Crippen LogP contribution in [0.2, 0.25) is 0 Å². The molecule has 0 aromatic heterocycles. The third-order valence-electron chi connectivity index (χ3n) is 2.21. The highest BCUT2D eigenvalue weighted by Crippen LogP contribution is 1.81. The first-order chi connectivity index (χ1) is 7.89. The second-order valence-electron chi connectivity index (χ2n) is 3.77. The molecule has 3 heteroatoms. The molecular weight excluding hydrogens is 212 g/mol. The van der Waals surface area contributed by atoms with E-state index in [0.717, 1.165) is 19.5 Å². The minimum atomic E-state index is -0.116. The molecule has 0 aliphatic heterocycles. The fourth-order valence-corrected chi connectivity index (χ4v) is 0.258. The van der Waals surface area contributed by atoms with E-state index in [1.54, 1.807) is 19.3 Å². The summed E-state index contributed by atoms with van der Waals surface area (Å²) in [6.45, 7) is 17.1. The third-order valence-corrected chi connectivity index (χ3v) is 2.21. The van der Waals surface area contributed by atoms with Crippen LogP contribution in [0.25, 0.3) is 0 Å². The van der Waals surface area contributed by atoms with Crippen molar-refractivity contribution < 1.29 is 5.11 Å². The maximum Gasteiger partial charge on any atom is 0.0509 e. The Hall–Kier alpha value is -0.960. The van der Waals surface area contributed by atoms with Gasteiger partial charge in [-0.25, -0.2) is 0 Å². The highest BCUT2D eigenvalue weighted by Gasteiger charge is 1.81. The molecule has 1 unspecified atom stereocenters. The normalized spacial score (nSPS) is 9.82. The molecule has 0 aromatic carbocycles. The fraction of sp³-hybridized carbons (Fsp3) is 0.714. The summed E-state index contributed by atoms with van der Waals surface area (Å²) in [4.78, 5) is 4.03. The first-order valence-electron chi connectivity index (χ1n) is 6.22. The SMILES string of the molecule is C=CN(C)CC.C=CN(C)CC.CCC(C)O. The molecule has 1 atom stereocenters. The Balaban J connectivity index is -0.000000174. The number of aliphatic hydroxyl groups is 1. The summed E-state index contributed by atoms with van der Waals surface area (Å²) in [6.07, 6.45) is 4.36. The molecule has 0 aliphatic rings. The molecule has 0 fully saturated rings. The second kappa shape index (κ2) is 17.4. The maximum atomic E-state index is 8.36. The summed E-state index contributed by atoms with van der Waals surface area (Å²) in [5, 5.41) is 8.36. The molecule has 0 aliphatic carbocycles. The van der Waals surface area contributed by atoms with Gasteiger partial charge in [0.2, 0.25) is 0 Å². The van der Waals surface area contributed by atoms with Gasteiger partial charge in [0.15, 0.2) is 0 Å². The zero-order valence-electron chi connectivity index (χ0n) is 12.6. The van der Waals surface area contributed by atoms with Gasteiger partial charge in [0.25, 0.3) is 0 Å². The van der Waals surface area contributed by atoms with E-state index in [-0.39, 0.29) is 6.10 Å². The van der Waals surface area contributed by atoms with Crippen molar-refractivity contribution in [3.05, 3.63) is 25.6 Å². The molecule has 0 spiro atoms. The summed E-state index contributed by atoms with van der Waals surface area (Å²) in [5.41, 5.74) is 0. The van der Waals surface area contributed by atoms with Crippen molar-refractivity contribution in [2.75, 3.05) is 27.2 Å². The van der Waals surface area contributed by atoms with E-state index in [9.17, 15) is 0 Å². The molecule has 0 radical (unpaired) electrons. The molecule has 0 aromatic rings. The monoisotopic (exact) mass is 244 g/mol. The van der Waals surface area contributed by atoms with Gasteiger partial charge in [0.1, 0.15) is 0 Å². The van der Waals surface area contributed by atoms with Crippen LogP contribution in [-0.2, 0) is 0 Å². The van der Waals surface area contributed by atoms with Crippen LogP contribution < -0.4 is 0 Å². The van der Waals surface area contributed by atoms with Crippen molar-refractivity contribution in [3.63, 3.8) is 0 Å². The Bertz CT molecular complexity index is 144. The minimum Gasteiger partial charge on any atom is -0.393 e. The van der Waals surface area contributed by atoms with E-state index in [1.807, 2.05) is 30.8 Å². The van der Waals surface area contributed by atoms with Crippen LogP contribution in [0.15, 0.2) is 25.6 Å². The van der Waals surface area contributed by atoms with Crippen LogP contribution in [0.4, 0.5) is 0 Å². The minimum absolute atomic E-state index is 0.116. The van der Waals surface area contributed by atoms with Crippen LogP contribution in [0, 0.1) is 0 Å². The average molecular weight is 244 g/mol. The Morgan fingerprint density at radius 3 is 1.24 bits per heavy atom. The van der Waals surface area contributed by atoms with Gasteiger partial charge >= 0.3 is 0 Å². The standard InChI is InChI=1S/2C5H11N.C4H10O/c2*1-4-6(3)5-2;1-3-4(2)5/h2*4H,1,5H2,2-3H3;4-5H,3H2,1-2H3. The summed E-state index contributed by atoms with van der Waals surface area (Å²) in [5.74, 6) is 0. The summed E-state index contributed by atoms with van der Waals surface area (Å²) < 4.78 is 0. The lowest BCUT2D eigenvalue weighted by molar-refractivity contribution is 0.191. The first-order valence-corrected chi connectivity index (χ1v) is 6.22. The van der Waals surface area contributed by atoms with Crippen LogP contribution in [0.3, 0.4) is 0 Å². The predicted molar refractivity (Wildman–Crippen MR) is 79.0 cm³/mol. The van der Waals surface area contributed by atoms with Crippen molar-refractivity contribution >= 4 is 0 Å². The lowest BCUT2D eigenvalue weighted by Gasteiger charge is -2.06. The smallest absolute Gasteiger partial charge is 0.0509 e. The average Bonchev–Trinajstić information content (AvgIpc) is 2.37. The van der Waals surface area contributed by atoms with Gasteiger partial charge < -0.3 is 14.9 Å². The number of nitrogens with zero attached hydrogens (tertiary/aromatic N) is 2. The van der Waals surface area contributed by atoms with E-state index in [4.69, 9.17) is 5.11 Å². The van der Waals surface area contributed by atoms with Crippen molar-refractivity contribution in [1.29, 1.82) is 0 Å². The lowest BCUT2D eigenvalue weighted by Crippen LogP contribution is -2.07. The second-order valence-corrected chi connectivity index (χ2v) is 3.77. The summed E-state index contributed by atoms with van der Waals surface area (Å²) >= 11 is 0. The zero-order valence-corrected chi connectivity index (χ0v) is 12.6. The largest absolute Gasteiger partial charge is 0.393 e. The lowest BCUT2D eigenvalue weighted by atomic mass is 10.3. The highest BCUT2D eigenvalue weighted by molar-refractivity contribution is 4.63. The van der Waals surface area contributed by atoms with Crippen LogP contribution in [0.5, 0.6) is 0 Å². The molecule has 0 amide bonds. The maximum absolute atomic E-state index is 8.36. The van der Waals surface area contributed by atoms with Crippen molar-refractivity contribution in [2.24, 2.45) is 0 Å². The van der Waals surface area contributed by atoms with E-state index in [0.29, 0.717) is 0 Å². The van der Waals surface area contributed by atoms with E-state index in [2.05, 4.69) is 27.0 Å². The molecule has 0 rings (SSSR count). The Kier molecular flexibility index (Phi) is 21.9. The number of hydrogen-bond acceptors (Lipinski definition) is 3. The molecule has 1 N–H and O–H groups in total. The molecule has 104 valence electrons. The number of aliphatic hydroxyl groups excluding tert-OH is 1. The molecule has 0 heterocycles. The van der Waals surface area contributed by atoms with Crippen molar-refractivity contribution in [3.8, 4) is 0 Å². The van der Waals surface area contributed by atoms with E-state index in [1.165, 1.54) is 0 Å². The van der Waals surface area contributed by atoms with Gasteiger partial charge in [-0.15, -0.1) is 0 Å². The Morgan fingerprint density at radius 2 is 1.24 bits per heavy atom. The Labute approximate surface area is 108 Å². The molecule has 0 saturated carbocycles. The zero-order chi connectivity index (χ0) is 14.3. The van der Waals surface area contributed by atoms with Crippen LogP contribution >= 0.6 is 0 Å². The predicted octanol–water partition coefficient (Wildman–Crippen LogP) is 2.94. The molecule has 0 bridgehead atoms.